The molecule has 1 fully saturated rings. The first-order valence-corrected chi connectivity index (χ1v) is 8.86. The molecule has 18 heavy (non-hydrogen) atoms. The number of rotatable bonds is 3. The van der Waals surface area contributed by atoms with E-state index >= 15 is 0 Å². The van der Waals surface area contributed by atoms with E-state index in [0.717, 1.165) is 6.26 Å². The molecular weight excluding hydrogens is 276 g/mol. The average Bonchev–Trinajstić information content (AvgIpc) is 2.56. The van der Waals surface area contributed by atoms with Crippen LogP contribution < -0.4 is 9.03 Å². The summed E-state index contributed by atoms with van der Waals surface area (Å²) < 4.78 is 49.4. The van der Waals surface area contributed by atoms with Gasteiger partial charge in [-0.3, -0.25) is 9.03 Å². The SMILES string of the molecule is CS(=O)(=O)Nc1cccc(N2CCCS2(=O)=O)c1. The van der Waals surface area contributed by atoms with Crippen molar-refractivity contribution in [3.63, 3.8) is 0 Å². The van der Waals surface area contributed by atoms with Crippen LogP contribution in [-0.4, -0.2) is 35.4 Å². The van der Waals surface area contributed by atoms with Crippen LogP contribution in [0.15, 0.2) is 24.3 Å². The van der Waals surface area contributed by atoms with Gasteiger partial charge in [0.25, 0.3) is 0 Å². The second kappa shape index (κ2) is 4.43. The minimum absolute atomic E-state index is 0.136. The number of nitrogens with zero attached hydrogens (tertiary/aromatic N) is 1. The number of anilines is 2. The molecule has 0 spiro atoms. The van der Waals surface area contributed by atoms with E-state index < -0.39 is 20.0 Å². The van der Waals surface area contributed by atoms with Crippen molar-refractivity contribution in [3.05, 3.63) is 24.3 Å². The van der Waals surface area contributed by atoms with Crippen LogP contribution in [0, 0.1) is 0 Å². The third-order valence-electron chi connectivity index (χ3n) is 2.54. The molecule has 1 aliphatic heterocycles. The van der Waals surface area contributed by atoms with E-state index in [-0.39, 0.29) is 5.75 Å². The lowest BCUT2D eigenvalue weighted by Gasteiger charge is -2.17. The fraction of sp³-hybridized carbons (Fsp3) is 0.400. The van der Waals surface area contributed by atoms with Crippen LogP contribution in [0.4, 0.5) is 11.4 Å². The second-order valence-electron chi connectivity index (χ2n) is 4.17. The van der Waals surface area contributed by atoms with Gasteiger partial charge in [-0.1, -0.05) is 6.07 Å². The lowest BCUT2D eigenvalue weighted by atomic mass is 10.3. The molecule has 0 bridgehead atoms. The van der Waals surface area contributed by atoms with Crippen molar-refractivity contribution in [2.45, 2.75) is 6.42 Å². The minimum atomic E-state index is -3.36. The summed E-state index contributed by atoms with van der Waals surface area (Å²) in [6, 6.07) is 6.37. The second-order valence-corrected chi connectivity index (χ2v) is 7.93. The summed E-state index contributed by atoms with van der Waals surface area (Å²) >= 11 is 0. The smallest absolute Gasteiger partial charge is 0.235 e. The monoisotopic (exact) mass is 290 g/mol. The summed E-state index contributed by atoms with van der Waals surface area (Å²) in [5.74, 6) is 0.136. The topological polar surface area (TPSA) is 83.6 Å². The van der Waals surface area contributed by atoms with E-state index in [1.54, 1.807) is 18.2 Å². The molecule has 0 radical (unpaired) electrons. The highest BCUT2D eigenvalue weighted by molar-refractivity contribution is 7.93. The Bertz CT molecular complexity index is 652. The summed E-state index contributed by atoms with van der Waals surface area (Å²) in [5, 5.41) is 0. The van der Waals surface area contributed by atoms with Gasteiger partial charge in [0.2, 0.25) is 20.0 Å². The summed E-state index contributed by atoms with van der Waals surface area (Å²) in [5.41, 5.74) is 0.846. The molecule has 0 aliphatic carbocycles. The maximum Gasteiger partial charge on any atom is 0.235 e. The zero-order valence-corrected chi connectivity index (χ0v) is 11.5. The van der Waals surface area contributed by atoms with Crippen LogP contribution in [0.1, 0.15) is 6.42 Å². The Kier molecular flexibility index (Phi) is 3.24. The number of hydrogen-bond acceptors (Lipinski definition) is 4. The van der Waals surface area contributed by atoms with Crippen LogP contribution in [0.2, 0.25) is 0 Å². The van der Waals surface area contributed by atoms with E-state index in [1.807, 2.05) is 0 Å². The van der Waals surface area contributed by atoms with E-state index in [2.05, 4.69) is 4.72 Å². The maximum atomic E-state index is 11.7. The Balaban J connectivity index is 2.33. The summed E-state index contributed by atoms with van der Waals surface area (Å²) in [7, 11) is -6.61. The molecule has 0 saturated carbocycles. The zero-order valence-electron chi connectivity index (χ0n) is 9.83. The fourth-order valence-electron chi connectivity index (χ4n) is 1.87. The molecular formula is C10H14N2O4S2. The Morgan fingerprint density at radius 3 is 2.61 bits per heavy atom. The first kappa shape index (κ1) is 13.2. The van der Waals surface area contributed by atoms with Crippen LogP contribution in [0.5, 0.6) is 0 Å². The highest BCUT2D eigenvalue weighted by Gasteiger charge is 2.28. The van der Waals surface area contributed by atoms with Crippen molar-refractivity contribution in [1.29, 1.82) is 0 Å². The normalized spacial score (nSPS) is 18.8. The van der Waals surface area contributed by atoms with Crippen LogP contribution in [-0.2, 0) is 20.0 Å². The van der Waals surface area contributed by atoms with Gasteiger partial charge < -0.3 is 0 Å². The molecule has 1 saturated heterocycles. The minimum Gasteiger partial charge on any atom is -0.284 e. The van der Waals surface area contributed by atoms with Crippen molar-refractivity contribution in [3.8, 4) is 0 Å². The standard InChI is InChI=1S/C10H14N2O4S2/c1-17(13,14)11-9-4-2-5-10(8-9)12-6-3-7-18(12,15)16/h2,4-5,8,11H,3,6-7H2,1H3. The van der Waals surface area contributed by atoms with Crippen LogP contribution in [0.3, 0.4) is 0 Å². The van der Waals surface area contributed by atoms with Gasteiger partial charge in [0.15, 0.2) is 0 Å². The highest BCUT2D eigenvalue weighted by Crippen LogP contribution is 2.26. The Morgan fingerprint density at radius 1 is 1.33 bits per heavy atom. The summed E-state index contributed by atoms with van der Waals surface area (Å²) in [4.78, 5) is 0. The van der Waals surface area contributed by atoms with Crippen LogP contribution in [0.25, 0.3) is 0 Å². The molecule has 6 nitrogen and oxygen atoms in total. The lowest BCUT2D eigenvalue weighted by Crippen LogP contribution is -2.25. The number of benzene rings is 1. The number of sulfonamides is 2. The molecule has 0 unspecified atom stereocenters. The molecule has 100 valence electrons. The average molecular weight is 290 g/mol. The first-order chi connectivity index (χ1) is 8.28. The van der Waals surface area contributed by atoms with Crippen molar-refractivity contribution in [1.82, 2.24) is 0 Å². The quantitative estimate of drug-likeness (QED) is 0.883. The Hall–Kier alpha value is -1.28. The summed E-state index contributed by atoms with van der Waals surface area (Å²) in [6.07, 6.45) is 1.64. The fourth-order valence-corrected chi connectivity index (χ4v) is 3.98. The molecule has 1 aromatic carbocycles. The molecule has 2 rings (SSSR count). The predicted octanol–water partition coefficient (Wildman–Crippen LogP) is 0.598. The number of nitrogens with one attached hydrogen (secondary N) is 1. The van der Waals surface area contributed by atoms with Gasteiger partial charge in [-0.05, 0) is 24.6 Å². The molecule has 8 heteroatoms. The molecule has 0 aromatic heterocycles. The molecule has 1 N–H and O–H groups in total. The van der Waals surface area contributed by atoms with Gasteiger partial charge in [-0.25, -0.2) is 16.8 Å². The predicted molar refractivity (Wildman–Crippen MR) is 70.7 cm³/mol. The number of hydrogen-bond donors (Lipinski definition) is 1. The molecule has 1 aromatic rings. The van der Waals surface area contributed by atoms with Crippen molar-refractivity contribution >= 4 is 31.4 Å². The van der Waals surface area contributed by atoms with Crippen molar-refractivity contribution in [2.24, 2.45) is 0 Å². The van der Waals surface area contributed by atoms with E-state index in [0.29, 0.717) is 24.3 Å². The van der Waals surface area contributed by atoms with Crippen LogP contribution >= 0.6 is 0 Å². The lowest BCUT2D eigenvalue weighted by molar-refractivity contribution is 0.599. The van der Waals surface area contributed by atoms with Gasteiger partial charge >= 0.3 is 0 Å². The van der Waals surface area contributed by atoms with E-state index in [1.165, 1.54) is 10.4 Å². The van der Waals surface area contributed by atoms with Gasteiger partial charge in [0.05, 0.1) is 23.4 Å². The Labute approximate surface area is 107 Å². The van der Waals surface area contributed by atoms with Gasteiger partial charge in [0, 0.05) is 6.54 Å². The van der Waals surface area contributed by atoms with Gasteiger partial charge in [-0.15, -0.1) is 0 Å². The largest absolute Gasteiger partial charge is 0.284 e. The van der Waals surface area contributed by atoms with E-state index in [9.17, 15) is 16.8 Å². The molecule has 0 atom stereocenters. The van der Waals surface area contributed by atoms with Gasteiger partial charge in [-0.2, -0.15) is 0 Å². The third-order valence-corrected chi connectivity index (χ3v) is 5.01. The molecule has 1 aliphatic rings. The Morgan fingerprint density at radius 2 is 2.06 bits per heavy atom. The van der Waals surface area contributed by atoms with Crippen molar-refractivity contribution in [2.75, 3.05) is 27.6 Å². The molecule has 1 heterocycles. The summed E-state index contributed by atoms with van der Waals surface area (Å²) in [6.45, 7) is 0.435. The highest BCUT2D eigenvalue weighted by atomic mass is 32.2. The van der Waals surface area contributed by atoms with E-state index in [4.69, 9.17) is 0 Å². The van der Waals surface area contributed by atoms with Gasteiger partial charge in [0.1, 0.15) is 0 Å². The zero-order chi connectivity index (χ0) is 13.4. The first-order valence-electron chi connectivity index (χ1n) is 5.36. The van der Waals surface area contributed by atoms with Crippen molar-refractivity contribution < 1.29 is 16.8 Å². The molecule has 0 amide bonds. The third kappa shape index (κ3) is 2.94. The maximum absolute atomic E-state index is 11.7.